The van der Waals surface area contributed by atoms with Crippen LogP contribution in [0.2, 0.25) is 0 Å². The summed E-state index contributed by atoms with van der Waals surface area (Å²) in [5.74, 6) is 0.711. The summed E-state index contributed by atoms with van der Waals surface area (Å²) in [4.78, 5) is 14.2. The number of nitrogens with one attached hydrogen (secondary N) is 1. The van der Waals surface area contributed by atoms with Gasteiger partial charge >= 0.3 is 6.03 Å². The minimum Gasteiger partial charge on any atom is -0.326 e. The molecule has 1 aliphatic rings. The molecule has 0 spiro atoms. The van der Waals surface area contributed by atoms with Crippen molar-refractivity contribution in [3.05, 3.63) is 29.8 Å². The molecule has 0 aliphatic carbocycles. The van der Waals surface area contributed by atoms with Crippen LogP contribution in [-0.2, 0) is 6.54 Å². The molecule has 0 radical (unpaired) electrons. The Balaban J connectivity index is 1.96. The lowest BCUT2D eigenvalue weighted by molar-refractivity contribution is 0.150. The van der Waals surface area contributed by atoms with Crippen LogP contribution >= 0.6 is 0 Å². The topological polar surface area (TPSA) is 58.4 Å². The molecule has 3 N–H and O–H groups in total. The molecular weight excluding hydrogens is 238 g/mol. The first kappa shape index (κ1) is 13.9. The van der Waals surface area contributed by atoms with Crippen molar-refractivity contribution in [3.63, 3.8) is 0 Å². The zero-order chi connectivity index (χ0) is 13.8. The normalized spacial score (nSPS) is 23.2. The number of benzene rings is 1. The molecule has 2 amide bonds. The molecule has 1 fully saturated rings. The van der Waals surface area contributed by atoms with Gasteiger partial charge < -0.3 is 16.0 Å². The molecular formula is C15H23N3O. The molecule has 19 heavy (non-hydrogen) atoms. The number of hydrogen-bond acceptors (Lipinski definition) is 2. The Morgan fingerprint density at radius 2 is 2.05 bits per heavy atom. The number of amides is 2. The smallest absolute Gasteiger partial charge is 0.322 e. The third kappa shape index (κ3) is 3.47. The van der Waals surface area contributed by atoms with E-state index in [0.717, 1.165) is 30.6 Å². The molecule has 1 saturated heterocycles. The van der Waals surface area contributed by atoms with Gasteiger partial charge in [-0.1, -0.05) is 19.1 Å². The summed E-state index contributed by atoms with van der Waals surface area (Å²) in [7, 11) is 0. The Kier molecular flexibility index (Phi) is 4.43. The molecule has 1 heterocycles. The first-order chi connectivity index (χ1) is 9.10. The second-order valence-corrected chi connectivity index (χ2v) is 5.50. The number of nitrogens with zero attached hydrogens (tertiary/aromatic N) is 1. The Bertz CT molecular complexity index is 430. The Morgan fingerprint density at radius 1 is 1.37 bits per heavy atom. The van der Waals surface area contributed by atoms with Crippen LogP contribution in [0.5, 0.6) is 0 Å². The molecule has 1 aliphatic heterocycles. The molecule has 104 valence electrons. The van der Waals surface area contributed by atoms with Crippen molar-refractivity contribution in [3.8, 4) is 0 Å². The molecule has 0 aromatic heterocycles. The summed E-state index contributed by atoms with van der Waals surface area (Å²) in [5, 5.41) is 2.95. The fourth-order valence-corrected chi connectivity index (χ4v) is 2.63. The summed E-state index contributed by atoms with van der Waals surface area (Å²) in [6, 6.07) is 8.00. The van der Waals surface area contributed by atoms with Crippen molar-refractivity contribution >= 4 is 11.7 Å². The van der Waals surface area contributed by atoms with E-state index in [1.54, 1.807) is 0 Å². The number of carbonyl (C=O) groups excluding carboxylic acids is 1. The van der Waals surface area contributed by atoms with Gasteiger partial charge in [-0.2, -0.15) is 0 Å². The van der Waals surface area contributed by atoms with E-state index in [9.17, 15) is 4.79 Å². The fraction of sp³-hybridized carbons (Fsp3) is 0.533. The highest BCUT2D eigenvalue weighted by Crippen LogP contribution is 2.23. The zero-order valence-corrected chi connectivity index (χ0v) is 11.7. The van der Waals surface area contributed by atoms with E-state index in [0.29, 0.717) is 18.5 Å². The molecule has 1 aromatic carbocycles. The average molecular weight is 261 g/mol. The predicted octanol–water partition coefficient (Wildman–Crippen LogP) is 2.80. The van der Waals surface area contributed by atoms with Crippen molar-refractivity contribution in [2.24, 2.45) is 11.7 Å². The van der Waals surface area contributed by atoms with Crippen LogP contribution in [0.1, 0.15) is 32.3 Å². The maximum absolute atomic E-state index is 12.2. The van der Waals surface area contributed by atoms with Crippen molar-refractivity contribution in [1.82, 2.24) is 4.90 Å². The second-order valence-electron chi connectivity index (χ2n) is 5.50. The number of hydrogen-bond donors (Lipinski definition) is 2. The quantitative estimate of drug-likeness (QED) is 0.860. The van der Waals surface area contributed by atoms with Crippen LogP contribution in [0.4, 0.5) is 10.5 Å². The number of piperidine rings is 1. The molecule has 4 nitrogen and oxygen atoms in total. The molecule has 0 bridgehead atoms. The van der Waals surface area contributed by atoms with Crippen LogP contribution < -0.4 is 11.1 Å². The number of anilines is 1. The van der Waals surface area contributed by atoms with Crippen molar-refractivity contribution in [2.45, 2.75) is 39.3 Å². The van der Waals surface area contributed by atoms with Gasteiger partial charge in [0, 0.05) is 24.8 Å². The highest BCUT2D eigenvalue weighted by Gasteiger charge is 2.26. The van der Waals surface area contributed by atoms with Gasteiger partial charge in [0.1, 0.15) is 0 Å². The summed E-state index contributed by atoms with van der Waals surface area (Å²) in [6.07, 6.45) is 2.17. The fourth-order valence-electron chi connectivity index (χ4n) is 2.63. The molecule has 4 heteroatoms. The number of nitrogens with two attached hydrogens (primary N) is 1. The standard InChI is InChI=1S/C15H23N3O/c1-11-7-8-18(12(2)9-11)15(19)17-14-5-3-13(10-16)4-6-14/h3-6,11-12H,7-10,16H2,1-2H3,(H,17,19). The van der Waals surface area contributed by atoms with Crippen LogP contribution in [0.25, 0.3) is 0 Å². The van der Waals surface area contributed by atoms with E-state index in [4.69, 9.17) is 5.73 Å². The van der Waals surface area contributed by atoms with E-state index in [1.165, 1.54) is 0 Å². The van der Waals surface area contributed by atoms with Crippen LogP contribution in [0, 0.1) is 5.92 Å². The Hall–Kier alpha value is -1.55. The first-order valence-electron chi connectivity index (χ1n) is 6.96. The minimum absolute atomic E-state index is 0.0000940. The predicted molar refractivity (Wildman–Crippen MR) is 77.9 cm³/mol. The van der Waals surface area contributed by atoms with Gasteiger partial charge in [-0.25, -0.2) is 4.79 Å². The third-order valence-electron chi connectivity index (χ3n) is 3.84. The summed E-state index contributed by atoms with van der Waals surface area (Å²) in [6.45, 7) is 5.73. The minimum atomic E-state index is -0.0000940. The Labute approximate surface area is 115 Å². The lowest BCUT2D eigenvalue weighted by Gasteiger charge is -2.36. The molecule has 2 rings (SSSR count). The van der Waals surface area contributed by atoms with E-state index in [2.05, 4.69) is 19.2 Å². The Morgan fingerprint density at radius 3 is 2.63 bits per heavy atom. The summed E-state index contributed by atoms with van der Waals surface area (Å²) in [5.41, 5.74) is 7.45. The molecule has 2 unspecified atom stereocenters. The highest BCUT2D eigenvalue weighted by molar-refractivity contribution is 5.89. The largest absolute Gasteiger partial charge is 0.326 e. The number of likely N-dealkylation sites (tertiary alicyclic amines) is 1. The van der Waals surface area contributed by atoms with Gasteiger partial charge in [-0.3, -0.25) is 0 Å². The van der Waals surface area contributed by atoms with Gasteiger partial charge in [0.05, 0.1) is 0 Å². The van der Waals surface area contributed by atoms with Crippen molar-refractivity contribution in [1.29, 1.82) is 0 Å². The maximum atomic E-state index is 12.2. The van der Waals surface area contributed by atoms with Gasteiger partial charge in [-0.15, -0.1) is 0 Å². The summed E-state index contributed by atoms with van der Waals surface area (Å²) < 4.78 is 0. The van der Waals surface area contributed by atoms with E-state index < -0.39 is 0 Å². The van der Waals surface area contributed by atoms with Gasteiger partial charge in [-0.05, 0) is 43.4 Å². The van der Waals surface area contributed by atoms with Gasteiger partial charge in [0.25, 0.3) is 0 Å². The lowest BCUT2D eigenvalue weighted by Crippen LogP contribution is -2.46. The van der Waals surface area contributed by atoms with Gasteiger partial charge in [0.15, 0.2) is 0 Å². The monoisotopic (exact) mass is 261 g/mol. The molecule has 0 saturated carbocycles. The zero-order valence-electron chi connectivity index (χ0n) is 11.7. The average Bonchev–Trinajstić information content (AvgIpc) is 2.39. The van der Waals surface area contributed by atoms with E-state index >= 15 is 0 Å². The maximum Gasteiger partial charge on any atom is 0.322 e. The van der Waals surface area contributed by atoms with E-state index in [1.807, 2.05) is 29.2 Å². The van der Waals surface area contributed by atoms with Crippen LogP contribution in [0.3, 0.4) is 0 Å². The van der Waals surface area contributed by atoms with Crippen LogP contribution in [0.15, 0.2) is 24.3 Å². The van der Waals surface area contributed by atoms with Crippen LogP contribution in [-0.4, -0.2) is 23.5 Å². The molecule has 1 aromatic rings. The number of urea groups is 1. The third-order valence-corrected chi connectivity index (χ3v) is 3.84. The van der Waals surface area contributed by atoms with Crippen molar-refractivity contribution < 1.29 is 4.79 Å². The lowest BCUT2D eigenvalue weighted by atomic mass is 9.94. The first-order valence-corrected chi connectivity index (χ1v) is 6.96. The van der Waals surface area contributed by atoms with Crippen molar-refractivity contribution in [2.75, 3.05) is 11.9 Å². The van der Waals surface area contributed by atoms with E-state index in [-0.39, 0.29) is 6.03 Å². The number of rotatable bonds is 2. The highest BCUT2D eigenvalue weighted by atomic mass is 16.2. The SMILES string of the molecule is CC1CCN(C(=O)Nc2ccc(CN)cc2)C(C)C1. The van der Waals surface area contributed by atoms with Gasteiger partial charge in [0.2, 0.25) is 0 Å². The second kappa shape index (κ2) is 6.06. The number of carbonyl (C=O) groups is 1. The summed E-state index contributed by atoms with van der Waals surface area (Å²) >= 11 is 0. The molecule has 2 atom stereocenters.